The van der Waals surface area contributed by atoms with Crippen LogP contribution in [0.25, 0.3) is 22.1 Å². The zero-order chi connectivity index (χ0) is 24.1. The van der Waals surface area contributed by atoms with Crippen LogP contribution in [-0.4, -0.2) is 57.6 Å². The first-order chi connectivity index (χ1) is 16.1. The number of carbonyl (C=O) groups excluding carboxylic acids is 1. The standard InChI is InChI=1S/C24H27N5O4S/c1-24(2,3)33-23(30)28-13-10-16(11-14-28)29-20-18-9-12-25-21(18)26-15-19(20)27-22(29)34(31,32)17-7-5-4-6-8-17/h4-9,12,15-16H,10-11,13-14H2,1-3H3,(H,25,26). The van der Waals surface area contributed by atoms with Crippen LogP contribution in [0.1, 0.15) is 39.7 Å². The molecule has 1 fully saturated rings. The fourth-order valence-electron chi connectivity index (χ4n) is 4.44. The molecule has 1 saturated heterocycles. The molecule has 0 radical (unpaired) electrons. The smallest absolute Gasteiger partial charge is 0.410 e. The molecule has 1 aliphatic rings. The molecule has 3 aromatic heterocycles. The van der Waals surface area contributed by atoms with Crippen LogP contribution in [-0.2, 0) is 14.6 Å². The van der Waals surface area contributed by atoms with E-state index in [2.05, 4.69) is 15.0 Å². The number of nitrogens with one attached hydrogen (secondary N) is 1. The summed E-state index contributed by atoms with van der Waals surface area (Å²) in [6.07, 6.45) is 4.19. The van der Waals surface area contributed by atoms with E-state index in [0.29, 0.717) is 37.1 Å². The van der Waals surface area contributed by atoms with Crippen molar-refractivity contribution < 1.29 is 17.9 Å². The number of amides is 1. The highest BCUT2D eigenvalue weighted by Crippen LogP contribution is 2.35. The van der Waals surface area contributed by atoms with E-state index in [1.165, 1.54) is 0 Å². The zero-order valence-corrected chi connectivity index (χ0v) is 20.2. The molecule has 9 nitrogen and oxygen atoms in total. The van der Waals surface area contributed by atoms with Gasteiger partial charge in [-0.1, -0.05) is 18.2 Å². The summed E-state index contributed by atoms with van der Waals surface area (Å²) in [4.78, 5) is 26.5. The minimum absolute atomic E-state index is 0.0000759. The quantitative estimate of drug-likeness (QED) is 0.467. The van der Waals surface area contributed by atoms with Crippen LogP contribution in [0.2, 0.25) is 0 Å². The Morgan fingerprint density at radius 3 is 2.50 bits per heavy atom. The highest BCUT2D eigenvalue weighted by atomic mass is 32.2. The number of sulfone groups is 1. The van der Waals surface area contributed by atoms with Crippen molar-refractivity contribution in [2.75, 3.05) is 13.1 Å². The number of rotatable bonds is 3. The predicted molar refractivity (Wildman–Crippen MR) is 127 cm³/mol. The van der Waals surface area contributed by atoms with Gasteiger partial charge in [0.15, 0.2) is 0 Å². The second-order valence-electron chi connectivity index (χ2n) is 9.51. The van der Waals surface area contributed by atoms with Crippen LogP contribution in [0.4, 0.5) is 4.79 Å². The van der Waals surface area contributed by atoms with Gasteiger partial charge in [0.1, 0.15) is 16.8 Å². The Bertz CT molecular complexity index is 1460. The van der Waals surface area contributed by atoms with Crippen molar-refractivity contribution >= 4 is 38.0 Å². The van der Waals surface area contributed by atoms with E-state index in [1.54, 1.807) is 47.6 Å². The molecule has 1 N–H and O–H groups in total. The molecule has 0 aliphatic carbocycles. The van der Waals surface area contributed by atoms with Gasteiger partial charge >= 0.3 is 6.09 Å². The number of pyridine rings is 1. The summed E-state index contributed by atoms with van der Waals surface area (Å²) in [5.74, 6) is 0. The van der Waals surface area contributed by atoms with Gasteiger partial charge in [-0.05, 0) is 51.8 Å². The summed E-state index contributed by atoms with van der Waals surface area (Å²) in [5.41, 5.74) is 1.36. The highest BCUT2D eigenvalue weighted by molar-refractivity contribution is 7.91. The van der Waals surface area contributed by atoms with E-state index in [9.17, 15) is 13.2 Å². The number of aromatic amines is 1. The maximum absolute atomic E-state index is 13.7. The second kappa shape index (κ2) is 8.12. The Hall–Kier alpha value is -3.40. The molecule has 4 heterocycles. The number of hydrogen-bond donors (Lipinski definition) is 1. The van der Waals surface area contributed by atoms with Crippen molar-refractivity contribution in [3.63, 3.8) is 0 Å². The predicted octanol–water partition coefficient (Wildman–Crippen LogP) is 4.32. The van der Waals surface area contributed by atoms with Crippen LogP contribution < -0.4 is 0 Å². The van der Waals surface area contributed by atoms with Crippen molar-refractivity contribution in [1.29, 1.82) is 0 Å². The topological polar surface area (TPSA) is 110 Å². The molecule has 34 heavy (non-hydrogen) atoms. The van der Waals surface area contributed by atoms with E-state index in [1.807, 2.05) is 31.4 Å². The lowest BCUT2D eigenvalue weighted by atomic mass is 10.0. The van der Waals surface area contributed by atoms with Gasteiger partial charge in [-0.2, -0.15) is 0 Å². The van der Waals surface area contributed by atoms with Gasteiger partial charge in [-0.15, -0.1) is 0 Å². The number of nitrogens with zero attached hydrogens (tertiary/aromatic N) is 4. The lowest BCUT2D eigenvalue weighted by molar-refractivity contribution is 0.0187. The monoisotopic (exact) mass is 481 g/mol. The molecule has 0 atom stereocenters. The molecule has 0 saturated carbocycles. The molecule has 1 aromatic carbocycles. The van der Waals surface area contributed by atoms with Crippen molar-refractivity contribution in [3.8, 4) is 0 Å². The van der Waals surface area contributed by atoms with Crippen LogP contribution in [0.3, 0.4) is 0 Å². The molecule has 10 heteroatoms. The second-order valence-corrected chi connectivity index (χ2v) is 11.4. The Balaban J connectivity index is 1.58. The Kier molecular flexibility index (Phi) is 5.35. The molecule has 1 aliphatic heterocycles. The maximum atomic E-state index is 13.7. The number of H-pyrrole nitrogens is 1. The van der Waals surface area contributed by atoms with Crippen molar-refractivity contribution in [3.05, 3.63) is 48.8 Å². The van der Waals surface area contributed by atoms with Gasteiger partial charge in [0.2, 0.25) is 15.0 Å². The number of piperidine rings is 1. The molecule has 1 amide bonds. The Labute approximate surface area is 197 Å². The van der Waals surface area contributed by atoms with E-state index in [-0.39, 0.29) is 22.2 Å². The van der Waals surface area contributed by atoms with Crippen LogP contribution in [0, 0.1) is 0 Å². The number of benzene rings is 1. The first kappa shape index (κ1) is 22.4. The Morgan fingerprint density at radius 2 is 1.82 bits per heavy atom. The van der Waals surface area contributed by atoms with Gasteiger partial charge in [0, 0.05) is 30.7 Å². The summed E-state index contributed by atoms with van der Waals surface area (Å²) in [6, 6.07) is 10.1. The number of ether oxygens (including phenoxy) is 1. The normalized spacial score (nSPS) is 15.8. The van der Waals surface area contributed by atoms with Gasteiger partial charge in [-0.25, -0.2) is 23.2 Å². The van der Waals surface area contributed by atoms with E-state index < -0.39 is 15.4 Å². The summed E-state index contributed by atoms with van der Waals surface area (Å²) in [5, 5.41) is 0.814. The number of hydrogen-bond acceptors (Lipinski definition) is 6. The number of fused-ring (bicyclic) bond motifs is 3. The molecular weight excluding hydrogens is 454 g/mol. The number of likely N-dealkylation sites (tertiary alicyclic amines) is 1. The average Bonchev–Trinajstić information content (AvgIpc) is 3.43. The molecule has 0 bridgehead atoms. The summed E-state index contributed by atoms with van der Waals surface area (Å²) < 4.78 is 34.7. The van der Waals surface area contributed by atoms with Crippen molar-refractivity contribution in [1.82, 2.24) is 24.4 Å². The Morgan fingerprint density at radius 1 is 1.12 bits per heavy atom. The minimum atomic E-state index is -3.88. The summed E-state index contributed by atoms with van der Waals surface area (Å²) in [7, 11) is -3.88. The molecule has 178 valence electrons. The van der Waals surface area contributed by atoms with Gasteiger partial charge in [0.25, 0.3) is 0 Å². The fraction of sp³-hybridized carbons (Fsp3) is 0.375. The maximum Gasteiger partial charge on any atom is 0.410 e. The lowest BCUT2D eigenvalue weighted by Gasteiger charge is -2.34. The van der Waals surface area contributed by atoms with E-state index in [4.69, 9.17) is 4.74 Å². The van der Waals surface area contributed by atoms with Crippen LogP contribution in [0.5, 0.6) is 0 Å². The van der Waals surface area contributed by atoms with Crippen molar-refractivity contribution in [2.24, 2.45) is 0 Å². The number of imidazole rings is 1. The van der Waals surface area contributed by atoms with Crippen LogP contribution >= 0.6 is 0 Å². The molecule has 0 unspecified atom stereocenters. The lowest BCUT2D eigenvalue weighted by Crippen LogP contribution is -2.42. The van der Waals surface area contributed by atoms with E-state index in [0.717, 1.165) is 10.9 Å². The first-order valence-corrected chi connectivity index (χ1v) is 12.8. The minimum Gasteiger partial charge on any atom is -0.444 e. The third kappa shape index (κ3) is 3.91. The summed E-state index contributed by atoms with van der Waals surface area (Å²) >= 11 is 0. The van der Waals surface area contributed by atoms with E-state index >= 15 is 0 Å². The van der Waals surface area contributed by atoms with Crippen LogP contribution in [0.15, 0.2) is 58.8 Å². The molecule has 5 rings (SSSR count). The van der Waals surface area contributed by atoms with Gasteiger partial charge in [0.05, 0.1) is 16.6 Å². The van der Waals surface area contributed by atoms with Gasteiger partial charge in [-0.3, -0.25) is 0 Å². The molecule has 4 aromatic rings. The van der Waals surface area contributed by atoms with Gasteiger partial charge < -0.3 is 19.2 Å². The largest absolute Gasteiger partial charge is 0.444 e. The van der Waals surface area contributed by atoms with Crippen molar-refractivity contribution in [2.45, 2.75) is 55.3 Å². The SMILES string of the molecule is CC(C)(C)OC(=O)N1CCC(n2c(S(=O)(=O)c3ccccc3)nc3cnc4[nH]ccc4c32)CC1. The molecule has 0 spiro atoms. The zero-order valence-electron chi connectivity index (χ0n) is 19.4. The number of carbonyl (C=O) groups is 1. The average molecular weight is 482 g/mol. The highest BCUT2D eigenvalue weighted by Gasteiger charge is 2.34. The summed E-state index contributed by atoms with van der Waals surface area (Å²) in [6.45, 7) is 6.45. The fourth-order valence-corrected chi connectivity index (χ4v) is 5.88. The first-order valence-electron chi connectivity index (χ1n) is 11.3. The molecular formula is C24H27N5O4S. The third-order valence-corrected chi connectivity index (χ3v) is 7.64. The third-order valence-electron chi connectivity index (χ3n) is 5.98. The number of aromatic nitrogens is 4.